The largest absolute Gasteiger partial charge is 0.465 e. The number of ether oxygens (including phenoxy) is 1. The highest BCUT2D eigenvalue weighted by Crippen LogP contribution is 2.71. The van der Waals surface area contributed by atoms with Crippen molar-refractivity contribution in [1.82, 2.24) is 4.90 Å². The number of halogens is 1. The van der Waals surface area contributed by atoms with Crippen molar-refractivity contribution in [2.75, 3.05) is 31.2 Å². The molecule has 0 aliphatic carbocycles. The molecule has 5 atom stereocenters. The van der Waals surface area contributed by atoms with Crippen molar-refractivity contribution < 1.29 is 24.2 Å². The van der Waals surface area contributed by atoms with Gasteiger partial charge in [-0.25, -0.2) is 0 Å². The van der Waals surface area contributed by atoms with Crippen molar-refractivity contribution in [3.8, 4) is 0 Å². The summed E-state index contributed by atoms with van der Waals surface area (Å²) < 4.78 is 4.23. The minimum Gasteiger partial charge on any atom is -0.465 e. The molecule has 3 saturated heterocycles. The molecule has 1 N–H and O–H groups in total. The van der Waals surface area contributed by atoms with E-state index >= 15 is 0 Å². The van der Waals surface area contributed by atoms with E-state index in [9.17, 15) is 19.5 Å². The van der Waals surface area contributed by atoms with Crippen molar-refractivity contribution >= 4 is 46.8 Å². The van der Waals surface area contributed by atoms with Crippen LogP contribution in [0, 0.1) is 11.8 Å². The van der Waals surface area contributed by atoms with Crippen LogP contribution in [0.15, 0.2) is 49.6 Å². The zero-order valence-electron chi connectivity index (χ0n) is 19.8. The minimum atomic E-state index is -0.846. The van der Waals surface area contributed by atoms with Crippen molar-refractivity contribution in [3.63, 3.8) is 0 Å². The number of thioether (sulfide) groups is 1. The Morgan fingerprint density at radius 3 is 2.71 bits per heavy atom. The Balaban J connectivity index is 1.76. The summed E-state index contributed by atoms with van der Waals surface area (Å²) in [5.41, 5.74) is 0.527. The maximum Gasteiger partial charge on any atom is 0.311 e. The quantitative estimate of drug-likeness (QED) is 0.290. The number of anilines is 1. The van der Waals surface area contributed by atoms with Gasteiger partial charge in [-0.2, -0.15) is 0 Å². The van der Waals surface area contributed by atoms with Crippen LogP contribution in [-0.4, -0.2) is 69.6 Å². The molecule has 4 rings (SSSR count). The van der Waals surface area contributed by atoms with Gasteiger partial charge in [0.05, 0.1) is 40.5 Å². The molecule has 7 nitrogen and oxygen atoms in total. The number of carbonyl (C=O) groups excluding carboxylic acids is 3. The first-order chi connectivity index (χ1) is 16.8. The summed E-state index contributed by atoms with van der Waals surface area (Å²) in [7, 11) is 0. The van der Waals surface area contributed by atoms with E-state index in [0.29, 0.717) is 30.0 Å². The Hall–Kier alpha value is -2.29. The summed E-state index contributed by atoms with van der Waals surface area (Å²) in [4.78, 5) is 44.3. The molecule has 1 aromatic carbocycles. The monoisotopic (exact) mass is 518 g/mol. The average molecular weight is 519 g/mol. The Bertz CT molecular complexity index is 1050. The summed E-state index contributed by atoms with van der Waals surface area (Å²) in [5, 5.41) is 10.2. The number of aliphatic hydroxyl groups is 1. The zero-order chi connectivity index (χ0) is 25.4. The molecule has 3 fully saturated rings. The molecule has 2 bridgehead atoms. The van der Waals surface area contributed by atoms with Crippen LogP contribution >= 0.6 is 23.4 Å². The summed E-state index contributed by atoms with van der Waals surface area (Å²) >= 11 is 8.01. The van der Waals surface area contributed by atoms with E-state index in [1.807, 2.05) is 6.92 Å². The molecular weight excluding hydrogens is 488 g/mol. The highest BCUT2D eigenvalue weighted by atomic mass is 35.5. The van der Waals surface area contributed by atoms with Crippen molar-refractivity contribution in [2.24, 2.45) is 11.8 Å². The van der Waals surface area contributed by atoms with Crippen molar-refractivity contribution in [2.45, 2.75) is 41.7 Å². The first kappa shape index (κ1) is 25.8. The maximum absolute atomic E-state index is 14.2. The van der Waals surface area contributed by atoms with Gasteiger partial charge >= 0.3 is 5.97 Å². The Morgan fingerprint density at radius 2 is 2.06 bits per heavy atom. The highest BCUT2D eigenvalue weighted by molar-refractivity contribution is 8.02. The van der Waals surface area contributed by atoms with Crippen LogP contribution in [0.5, 0.6) is 0 Å². The van der Waals surface area contributed by atoms with Crippen LogP contribution < -0.4 is 4.90 Å². The molecule has 188 valence electrons. The van der Waals surface area contributed by atoms with E-state index in [4.69, 9.17) is 16.3 Å². The number of fused-ring (bicyclic) bond motifs is 1. The van der Waals surface area contributed by atoms with Crippen molar-refractivity contribution in [3.05, 3.63) is 54.6 Å². The van der Waals surface area contributed by atoms with Gasteiger partial charge in [0.2, 0.25) is 5.91 Å². The number of aliphatic hydroxyl groups excluding tert-OH is 1. The molecule has 3 heterocycles. The van der Waals surface area contributed by atoms with Gasteiger partial charge in [0.1, 0.15) is 6.04 Å². The number of carbonyl (C=O) groups is 3. The average Bonchev–Trinajstić information content (AvgIpc) is 3.39. The van der Waals surface area contributed by atoms with E-state index in [2.05, 4.69) is 13.2 Å². The number of likely N-dealkylation sites (tertiary alicyclic amines) is 1. The van der Waals surface area contributed by atoms with Gasteiger partial charge in [-0.1, -0.05) is 35.9 Å². The highest BCUT2D eigenvalue weighted by Gasteiger charge is 2.77. The van der Waals surface area contributed by atoms with Gasteiger partial charge in [0, 0.05) is 17.8 Å². The molecule has 0 saturated carbocycles. The lowest BCUT2D eigenvalue weighted by Gasteiger charge is -2.37. The molecule has 3 aliphatic heterocycles. The molecule has 2 amide bonds. The van der Waals surface area contributed by atoms with E-state index < -0.39 is 33.3 Å². The third-order valence-electron chi connectivity index (χ3n) is 7.39. The number of para-hydroxylation sites is 1. The fourth-order valence-electron chi connectivity index (χ4n) is 6.00. The minimum absolute atomic E-state index is 0.00739. The standard InChI is InChI=1S/C26H31ClN2O5S/c1-4-6-16-34-24(33)20-19-22(31)29(14-15-30)21(26(19)12-11-25(20,3)35-26)23(32)28(13-5-2)18-10-8-7-9-17(18)27/h4-5,7-10,19-21,30H,1-2,6,11-16H2,3H3/t19-,20-,21?,25+,26?/m0/s1. The second kappa shape index (κ2) is 9.99. The second-order valence-electron chi connectivity index (χ2n) is 9.42. The maximum atomic E-state index is 14.2. The summed E-state index contributed by atoms with van der Waals surface area (Å²) in [6, 6.07) is 6.20. The number of esters is 1. The first-order valence-electron chi connectivity index (χ1n) is 11.8. The smallest absolute Gasteiger partial charge is 0.311 e. The van der Waals surface area contributed by atoms with Gasteiger partial charge in [-0.05, 0) is 38.3 Å². The molecule has 9 heteroatoms. The van der Waals surface area contributed by atoms with Crippen LogP contribution in [0.1, 0.15) is 26.2 Å². The van der Waals surface area contributed by atoms with Crippen LogP contribution in [-0.2, 0) is 19.1 Å². The van der Waals surface area contributed by atoms with Crippen LogP contribution in [0.3, 0.4) is 0 Å². The molecule has 2 unspecified atom stereocenters. The van der Waals surface area contributed by atoms with E-state index in [1.54, 1.807) is 53.1 Å². The summed E-state index contributed by atoms with van der Waals surface area (Å²) in [6.45, 7) is 9.57. The van der Waals surface area contributed by atoms with Gasteiger partial charge in [0.15, 0.2) is 0 Å². The lowest BCUT2D eigenvalue weighted by Crippen LogP contribution is -2.55. The molecule has 3 aliphatic rings. The second-order valence-corrected chi connectivity index (χ2v) is 11.7. The lowest BCUT2D eigenvalue weighted by atomic mass is 9.66. The van der Waals surface area contributed by atoms with E-state index in [0.717, 1.165) is 0 Å². The Kier molecular flexibility index (Phi) is 7.36. The molecule has 1 spiro atoms. The van der Waals surface area contributed by atoms with Gasteiger partial charge in [0.25, 0.3) is 5.91 Å². The molecule has 1 aromatic rings. The number of hydrogen-bond donors (Lipinski definition) is 1. The normalized spacial score (nSPS) is 30.8. The summed E-state index contributed by atoms with van der Waals surface area (Å²) in [6.07, 6.45) is 5.12. The molecule has 0 aromatic heterocycles. The van der Waals surface area contributed by atoms with Gasteiger partial charge in [-0.15, -0.1) is 24.9 Å². The molecule has 35 heavy (non-hydrogen) atoms. The Labute approximate surface area is 215 Å². The number of nitrogens with zero attached hydrogens (tertiary/aromatic N) is 2. The fraction of sp³-hybridized carbons (Fsp3) is 0.500. The first-order valence-corrected chi connectivity index (χ1v) is 13.0. The number of benzene rings is 1. The fourth-order valence-corrected chi connectivity index (χ4v) is 8.57. The predicted octanol–water partition coefficient (Wildman–Crippen LogP) is 3.45. The van der Waals surface area contributed by atoms with E-state index in [1.165, 1.54) is 4.90 Å². The summed E-state index contributed by atoms with van der Waals surface area (Å²) in [5.74, 6) is -2.34. The predicted molar refractivity (Wildman–Crippen MR) is 137 cm³/mol. The van der Waals surface area contributed by atoms with Crippen molar-refractivity contribution in [1.29, 1.82) is 0 Å². The number of rotatable bonds is 10. The molecule has 0 radical (unpaired) electrons. The van der Waals surface area contributed by atoms with Crippen LogP contribution in [0.4, 0.5) is 5.69 Å². The number of β-amino-alcohol motifs (C(OH)–C–C–N with tert-alkyl or cyclic N) is 1. The third kappa shape index (κ3) is 4.09. The van der Waals surface area contributed by atoms with Gasteiger partial charge < -0.3 is 19.6 Å². The number of hydrogen-bond acceptors (Lipinski definition) is 6. The third-order valence-corrected chi connectivity index (χ3v) is 9.70. The SMILES string of the molecule is C=CCCOC(=O)[C@@H]1[C@H]2C(=O)N(CCO)C(C(=O)N(CC=C)c3ccccc3Cl)C23CC[C@@]1(C)S3. The van der Waals surface area contributed by atoms with E-state index in [-0.39, 0.29) is 38.1 Å². The lowest BCUT2D eigenvalue weighted by molar-refractivity contribution is -0.155. The topological polar surface area (TPSA) is 87.1 Å². The molecular formula is C26H31ClN2O5S. The zero-order valence-corrected chi connectivity index (χ0v) is 21.4. The van der Waals surface area contributed by atoms with Gasteiger partial charge in [-0.3, -0.25) is 14.4 Å². The van der Waals surface area contributed by atoms with Crippen LogP contribution in [0.25, 0.3) is 0 Å². The van der Waals surface area contributed by atoms with Crippen LogP contribution in [0.2, 0.25) is 5.02 Å². The number of amides is 2. The Morgan fingerprint density at radius 1 is 1.31 bits per heavy atom.